The lowest BCUT2D eigenvalue weighted by Gasteiger charge is -2.34. The first-order chi connectivity index (χ1) is 12.3. The standard InChI is InChI=1S/C11H19N4O11P/c1-4(16)14-8(10(20)9(19)6(18)3-13-15-12)7(26-27(23,24)25)2-5(17)11(21)22/h6-10,18-20H,2-3H2,1H3,(H,14,16)(H,21,22)(H2,23,24,25)/t6-,7+,8-,9-,10-/m1/s1. The van der Waals surface area contributed by atoms with Crippen molar-refractivity contribution in [2.24, 2.45) is 5.11 Å². The summed E-state index contributed by atoms with van der Waals surface area (Å²) in [7, 11) is -5.34. The predicted molar refractivity (Wildman–Crippen MR) is 83.8 cm³/mol. The van der Waals surface area contributed by atoms with Crippen LogP contribution in [0.1, 0.15) is 13.3 Å². The molecule has 0 saturated heterocycles. The smallest absolute Gasteiger partial charge is 0.469 e. The SMILES string of the molecule is CC(=O)N[C@@H]([C@@H](O)[C@H](O)[C@H](O)CN=[N+]=[N-])[C@H](CC(=O)C(=O)O)OP(=O)(O)O. The lowest BCUT2D eigenvalue weighted by molar-refractivity contribution is -0.150. The second kappa shape index (κ2) is 10.9. The molecule has 16 heteroatoms. The van der Waals surface area contributed by atoms with Crippen LogP contribution in [-0.4, -0.2) is 84.9 Å². The van der Waals surface area contributed by atoms with Gasteiger partial charge in [0.2, 0.25) is 11.7 Å². The molecule has 0 unspecified atom stereocenters. The first-order valence-corrected chi connectivity index (χ1v) is 8.65. The number of nitrogens with zero attached hydrogens (tertiary/aromatic N) is 3. The topological polar surface area (TPSA) is 260 Å². The van der Waals surface area contributed by atoms with E-state index in [-0.39, 0.29) is 0 Å². The molecule has 0 aromatic heterocycles. The first-order valence-electron chi connectivity index (χ1n) is 7.12. The molecule has 15 nitrogen and oxygen atoms in total. The molecule has 0 spiro atoms. The van der Waals surface area contributed by atoms with Gasteiger partial charge in [0, 0.05) is 18.3 Å². The molecule has 0 bridgehead atoms. The molecule has 154 valence electrons. The van der Waals surface area contributed by atoms with Gasteiger partial charge in [0.15, 0.2) is 0 Å². The molecule has 0 aliphatic carbocycles. The highest BCUT2D eigenvalue weighted by Crippen LogP contribution is 2.39. The monoisotopic (exact) mass is 414 g/mol. The minimum absolute atomic E-state index is 0.709. The molecule has 5 atom stereocenters. The van der Waals surface area contributed by atoms with Gasteiger partial charge in [0.25, 0.3) is 0 Å². The molecule has 0 aromatic rings. The number of aliphatic hydroxyl groups is 3. The van der Waals surface area contributed by atoms with Crippen molar-refractivity contribution in [1.82, 2.24) is 5.32 Å². The van der Waals surface area contributed by atoms with Crippen molar-refractivity contribution in [2.75, 3.05) is 6.54 Å². The van der Waals surface area contributed by atoms with Crippen LogP contribution in [0.5, 0.6) is 0 Å². The van der Waals surface area contributed by atoms with Crippen LogP contribution < -0.4 is 5.32 Å². The van der Waals surface area contributed by atoms with E-state index in [9.17, 15) is 34.3 Å². The van der Waals surface area contributed by atoms with Crippen LogP contribution in [0.15, 0.2) is 5.11 Å². The number of carbonyl (C=O) groups excluding carboxylic acids is 2. The Morgan fingerprint density at radius 1 is 1.22 bits per heavy atom. The summed E-state index contributed by atoms with van der Waals surface area (Å²) in [5, 5.41) is 43.3. The fourth-order valence-electron chi connectivity index (χ4n) is 1.98. The maximum absolute atomic E-state index is 11.4. The molecule has 1 amide bonds. The van der Waals surface area contributed by atoms with Gasteiger partial charge in [-0.3, -0.25) is 14.1 Å². The molecule has 0 radical (unpaired) electrons. The van der Waals surface area contributed by atoms with Crippen molar-refractivity contribution in [2.45, 2.75) is 43.8 Å². The number of carbonyl (C=O) groups is 3. The number of ketones is 1. The van der Waals surface area contributed by atoms with Crippen LogP contribution in [0, 0.1) is 0 Å². The summed E-state index contributed by atoms with van der Waals surface area (Å²) in [5.74, 6) is -4.45. The van der Waals surface area contributed by atoms with Crippen molar-refractivity contribution in [3.8, 4) is 0 Å². The number of hydrogen-bond donors (Lipinski definition) is 7. The Morgan fingerprint density at radius 2 is 1.78 bits per heavy atom. The van der Waals surface area contributed by atoms with Crippen molar-refractivity contribution in [1.29, 1.82) is 0 Å². The van der Waals surface area contributed by atoms with Crippen molar-refractivity contribution >= 4 is 25.5 Å². The van der Waals surface area contributed by atoms with E-state index >= 15 is 0 Å². The van der Waals surface area contributed by atoms with Crippen LogP contribution in [0.4, 0.5) is 0 Å². The van der Waals surface area contributed by atoms with Crippen LogP contribution in [0.25, 0.3) is 10.4 Å². The number of carboxylic acid groups (broad SMARTS) is 1. The molecule has 0 fully saturated rings. The lowest BCUT2D eigenvalue weighted by atomic mass is 9.94. The number of phosphoric acid groups is 1. The molecule has 0 aliphatic rings. The van der Waals surface area contributed by atoms with E-state index in [1.807, 2.05) is 5.32 Å². The quantitative estimate of drug-likeness (QED) is 0.0572. The van der Waals surface area contributed by atoms with Gasteiger partial charge in [-0.15, -0.1) is 0 Å². The number of rotatable bonds is 12. The minimum atomic E-state index is -5.34. The molecule has 27 heavy (non-hydrogen) atoms. The zero-order valence-corrected chi connectivity index (χ0v) is 14.7. The van der Waals surface area contributed by atoms with Gasteiger partial charge in [-0.25, -0.2) is 9.36 Å². The summed E-state index contributed by atoms with van der Waals surface area (Å²) in [4.78, 5) is 53.6. The summed E-state index contributed by atoms with van der Waals surface area (Å²) >= 11 is 0. The van der Waals surface area contributed by atoms with Gasteiger partial charge in [0.1, 0.15) is 12.2 Å². The highest BCUT2D eigenvalue weighted by molar-refractivity contribution is 7.46. The largest absolute Gasteiger partial charge is 0.475 e. The fraction of sp³-hybridized carbons (Fsp3) is 0.727. The maximum atomic E-state index is 11.4. The van der Waals surface area contributed by atoms with Gasteiger partial charge in [0.05, 0.1) is 24.8 Å². The minimum Gasteiger partial charge on any atom is -0.475 e. The molecule has 7 N–H and O–H groups in total. The number of amides is 1. The zero-order valence-electron chi connectivity index (χ0n) is 13.8. The third-order valence-corrected chi connectivity index (χ3v) is 3.66. The Kier molecular flexibility index (Phi) is 10.1. The Balaban J connectivity index is 5.77. The summed E-state index contributed by atoms with van der Waals surface area (Å²) in [6, 6.07) is -1.92. The van der Waals surface area contributed by atoms with E-state index in [0.29, 0.717) is 0 Å². The summed E-state index contributed by atoms with van der Waals surface area (Å²) in [6.45, 7) is 0.204. The number of hydrogen-bond acceptors (Lipinski definition) is 9. The van der Waals surface area contributed by atoms with Crippen LogP contribution >= 0.6 is 7.82 Å². The molecule has 0 heterocycles. The fourth-order valence-corrected chi connectivity index (χ4v) is 2.54. The van der Waals surface area contributed by atoms with Crippen LogP contribution in [0.2, 0.25) is 0 Å². The van der Waals surface area contributed by atoms with E-state index < -0.39 is 68.9 Å². The molecule has 0 aliphatic heterocycles. The van der Waals surface area contributed by atoms with E-state index in [4.69, 9.17) is 20.4 Å². The van der Waals surface area contributed by atoms with Gasteiger partial charge in [-0.05, 0) is 5.53 Å². The van der Waals surface area contributed by atoms with Gasteiger partial charge in [-0.1, -0.05) is 5.11 Å². The van der Waals surface area contributed by atoms with E-state index in [1.165, 1.54) is 0 Å². The van der Waals surface area contributed by atoms with Crippen molar-refractivity contribution < 1.29 is 53.7 Å². The number of aliphatic carboxylic acids is 1. The number of nitrogens with one attached hydrogen (secondary N) is 1. The molecule has 0 aromatic carbocycles. The number of carboxylic acids is 1. The number of Topliss-reactive ketones (excluding diaryl/α,β-unsaturated/α-hetero) is 1. The highest BCUT2D eigenvalue weighted by Gasteiger charge is 2.41. The van der Waals surface area contributed by atoms with Crippen LogP contribution in [-0.2, 0) is 23.5 Å². The van der Waals surface area contributed by atoms with Gasteiger partial charge < -0.3 is 35.5 Å². The lowest BCUT2D eigenvalue weighted by Crippen LogP contribution is -2.58. The van der Waals surface area contributed by atoms with Gasteiger partial charge >= 0.3 is 13.8 Å². The first kappa shape index (κ1) is 24.9. The molecule has 0 rings (SSSR count). The number of aliphatic hydroxyl groups excluding tert-OH is 3. The predicted octanol–water partition coefficient (Wildman–Crippen LogP) is -2.59. The highest BCUT2D eigenvalue weighted by atomic mass is 31.2. The second-order valence-electron chi connectivity index (χ2n) is 5.26. The summed E-state index contributed by atoms with van der Waals surface area (Å²) in [5.41, 5.74) is 8.18. The Morgan fingerprint density at radius 3 is 2.19 bits per heavy atom. The normalized spacial score (nSPS) is 17.0. The maximum Gasteiger partial charge on any atom is 0.469 e. The second-order valence-corrected chi connectivity index (χ2v) is 6.45. The molecular weight excluding hydrogens is 395 g/mol. The third-order valence-electron chi connectivity index (χ3n) is 3.11. The van der Waals surface area contributed by atoms with Gasteiger partial charge in [-0.2, -0.15) is 0 Å². The van der Waals surface area contributed by atoms with Crippen LogP contribution in [0.3, 0.4) is 0 Å². The zero-order chi connectivity index (χ0) is 21.4. The molecule has 0 saturated carbocycles. The van der Waals surface area contributed by atoms with E-state index in [2.05, 4.69) is 14.5 Å². The van der Waals surface area contributed by atoms with Crippen molar-refractivity contribution in [3.63, 3.8) is 0 Å². The number of azide groups is 1. The molecular formula is C11H19N4O11P. The Labute approximate surface area is 151 Å². The van der Waals surface area contributed by atoms with E-state index in [0.717, 1.165) is 6.92 Å². The van der Waals surface area contributed by atoms with E-state index in [1.54, 1.807) is 0 Å². The average Bonchev–Trinajstić information content (AvgIpc) is 2.53. The summed E-state index contributed by atoms with van der Waals surface area (Å²) in [6.07, 6.45) is -9.47. The summed E-state index contributed by atoms with van der Waals surface area (Å²) < 4.78 is 15.4. The number of phosphoric ester groups is 1. The Hall–Kier alpha value is -2.09. The average molecular weight is 414 g/mol. The third kappa shape index (κ3) is 9.42. The Bertz CT molecular complexity index is 646. The van der Waals surface area contributed by atoms with Crippen molar-refractivity contribution in [3.05, 3.63) is 10.4 Å².